The van der Waals surface area contributed by atoms with Crippen LogP contribution in [-0.2, 0) is 9.47 Å². The Morgan fingerprint density at radius 2 is 1.40 bits per heavy atom. The van der Waals surface area contributed by atoms with Crippen LogP contribution in [0.25, 0.3) is 0 Å². The molecule has 0 amide bonds. The molecule has 1 unspecified atom stereocenters. The van der Waals surface area contributed by atoms with Gasteiger partial charge in [0, 0.05) is 25.6 Å². The van der Waals surface area contributed by atoms with Gasteiger partial charge in [-0.2, -0.15) is 0 Å². The quantitative estimate of drug-likeness (QED) is 0.274. The summed E-state index contributed by atoms with van der Waals surface area (Å²) in [6.07, 6.45) is 0. The molecular formula is C21H28LiO7P. The summed E-state index contributed by atoms with van der Waals surface area (Å²) < 4.78 is 32.2. The number of hydrogen-bond donors (Lipinski definition) is 0. The molecule has 0 N–H and O–H groups in total. The molecule has 0 saturated heterocycles. The van der Waals surface area contributed by atoms with Gasteiger partial charge >= 0.3 is 18.9 Å². The van der Waals surface area contributed by atoms with Crippen molar-refractivity contribution in [3.63, 3.8) is 0 Å². The van der Waals surface area contributed by atoms with Crippen molar-refractivity contribution in [2.45, 2.75) is 0 Å². The zero-order valence-corrected chi connectivity index (χ0v) is 18.2. The monoisotopic (exact) mass is 430 g/mol. The van der Waals surface area contributed by atoms with E-state index in [0.717, 1.165) is 5.30 Å². The Balaban J connectivity index is 0.00000450. The van der Waals surface area contributed by atoms with E-state index in [1.807, 2.05) is 12.1 Å². The van der Waals surface area contributed by atoms with Crippen LogP contribution in [0.1, 0.15) is 10.4 Å². The number of methoxy groups -OCH3 is 4. The Kier molecular flexibility index (Phi) is 12.5. The molecule has 0 aliphatic rings. The van der Waals surface area contributed by atoms with Crippen molar-refractivity contribution in [3.8, 4) is 23.0 Å². The summed E-state index contributed by atoms with van der Waals surface area (Å²) in [5.41, 5.74) is 0.308. The predicted octanol–water partition coefficient (Wildman–Crippen LogP) is 2.25. The number of hydrogen-bond acceptors (Lipinski definition) is 7. The molecule has 0 spiro atoms. The zero-order valence-electron chi connectivity index (χ0n) is 17.2. The minimum absolute atomic E-state index is 0. The van der Waals surface area contributed by atoms with E-state index in [4.69, 9.17) is 28.4 Å². The first-order valence-corrected chi connectivity index (χ1v) is 10.0. The molecule has 0 heterocycles. The number of rotatable bonds is 13. The number of ether oxygens (including phenoxy) is 6. The Morgan fingerprint density at radius 3 is 1.97 bits per heavy atom. The first-order chi connectivity index (χ1) is 14.1. The summed E-state index contributed by atoms with van der Waals surface area (Å²) in [5.74, 6) is 2.18. The van der Waals surface area contributed by atoms with E-state index in [0.29, 0.717) is 55.0 Å². The molecular weight excluding hydrogens is 402 g/mol. The second kappa shape index (κ2) is 14.3. The molecule has 0 aliphatic heterocycles. The van der Waals surface area contributed by atoms with Crippen LogP contribution in [0.4, 0.5) is 0 Å². The van der Waals surface area contributed by atoms with Gasteiger partial charge in [0.1, 0.15) is 41.8 Å². The molecule has 9 heteroatoms. The van der Waals surface area contributed by atoms with Crippen molar-refractivity contribution in [2.24, 2.45) is 0 Å². The van der Waals surface area contributed by atoms with Gasteiger partial charge in [0.25, 0.3) is 0 Å². The van der Waals surface area contributed by atoms with E-state index in [-0.39, 0.29) is 33.0 Å². The minimum atomic E-state index is -0.181. The van der Waals surface area contributed by atoms with E-state index in [9.17, 15) is 4.79 Å². The third-order valence-corrected chi connectivity index (χ3v) is 5.12. The second-order valence-electron chi connectivity index (χ2n) is 5.83. The summed E-state index contributed by atoms with van der Waals surface area (Å²) >= 11 is 0. The van der Waals surface area contributed by atoms with Crippen LogP contribution in [0.5, 0.6) is 23.0 Å². The van der Waals surface area contributed by atoms with Crippen LogP contribution in [0, 0.1) is 0 Å². The summed E-state index contributed by atoms with van der Waals surface area (Å²) in [7, 11) is 6.10. The van der Waals surface area contributed by atoms with Crippen LogP contribution >= 0.6 is 8.58 Å². The standard InChI is InChI=1S/C21H27O7P.Li.H/c1-23-10-12-27-15-8-9-19(18(14-15)28-13-11-24-2)29-21(22)20-16(25-3)6-5-7-17(20)26-4;;/h5-9,14,29H,10-13H2,1-4H3;;. The molecule has 160 valence electrons. The Morgan fingerprint density at radius 1 is 0.800 bits per heavy atom. The van der Waals surface area contributed by atoms with Gasteiger partial charge in [-0.3, -0.25) is 4.79 Å². The molecule has 0 fully saturated rings. The van der Waals surface area contributed by atoms with Crippen LogP contribution in [0.2, 0.25) is 0 Å². The summed E-state index contributed by atoms with van der Waals surface area (Å²) in [5, 5.41) is 0.762. The normalized spacial score (nSPS) is 10.5. The predicted molar refractivity (Wildman–Crippen MR) is 120 cm³/mol. The summed E-state index contributed by atoms with van der Waals surface area (Å²) in [6, 6.07) is 10.7. The third kappa shape index (κ3) is 7.50. The zero-order chi connectivity index (χ0) is 21.1. The van der Waals surface area contributed by atoms with Gasteiger partial charge in [-0.05, 0) is 32.8 Å². The molecule has 2 aromatic rings. The molecule has 30 heavy (non-hydrogen) atoms. The Bertz CT molecular complexity index is 779. The van der Waals surface area contributed by atoms with Crippen molar-refractivity contribution in [1.82, 2.24) is 0 Å². The van der Waals surface area contributed by atoms with Crippen molar-refractivity contribution in [3.05, 3.63) is 42.0 Å². The molecule has 2 rings (SSSR count). The fourth-order valence-corrected chi connectivity index (χ4v) is 3.60. The number of benzene rings is 2. The van der Waals surface area contributed by atoms with Gasteiger partial charge in [0.15, 0.2) is 5.52 Å². The molecule has 0 aromatic heterocycles. The topological polar surface area (TPSA) is 72.5 Å². The molecule has 2 aromatic carbocycles. The van der Waals surface area contributed by atoms with Gasteiger partial charge in [-0.1, -0.05) is 6.07 Å². The molecule has 0 aliphatic carbocycles. The van der Waals surface area contributed by atoms with E-state index >= 15 is 0 Å². The van der Waals surface area contributed by atoms with Crippen LogP contribution < -0.4 is 24.3 Å². The third-order valence-electron chi connectivity index (χ3n) is 3.96. The van der Waals surface area contributed by atoms with Crippen molar-refractivity contribution >= 4 is 38.3 Å². The number of carbonyl (C=O) groups is 1. The first-order valence-electron chi connectivity index (χ1n) is 9.04. The van der Waals surface area contributed by atoms with Crippen LogP contribution in [0.3, 0.4) is 0 Å². The fourth-order valence-electron chi connectivity index (χ4n) is 2.55. The van der Waals surface area contributed by atoms with Gasteiger partial charge in [-0.15, -0.1) is 0 Å². The number of carbonyl (C=O) groups excluding carboxylic acids is 1. The molecule has 1 atom stereocenters. The first kappa shape index (κ1) is 26.3. The van der Waals surface area contributed by atoms with Gasteiger partial charge < -0.3 is 28.4 Å². The SMILES string of the molecule is COCCOc1ccc(PC(=O)c2c(OC)cccc2OC)c(OCCOC)c1.[LiH]. The van der Waals surface area contributed by atoms with E-state index in [1.165, 1.54) is 14.2 Å². The maximum atomic E-state index is 13.1. The van der Waals surface area contributed by atoms with Gasteiger partial charge in [0.2, 0.25) is 0 Å². The van der Waals surface area contributed by atoms with Crippen molar-refractivity contribution < 1.29 is 33.2 Å². The van der Waals surface area contributed by atoms with Gasteiger partial charge in [0.05, 0.1) is 27.4 Å². The van der Waals surface area contributed by atoms with Crippen LogP contribution in [-0.4, -0.2) is 79.3 Å². The average Bonchev–Trinajstić information content (AvgIpc) is 2.74. The molecule has 0 bridgehead atoms. The van der Waals surface area contributed by atoms with E-state index < -0.39 is 0 Å². The van der Waals surface area contributed by atoms with Crippen molar-refractivity contribution in [1.29, 1.82) is 0 Å². The summed E-state index contributed by atoms with van der Waals surface area (Å²) in [4.78, 5) is 13.1. The van der Waals surface area contributed by atoms with Crippen LogP contribution in [0.15, 0.2) is 36.4 Å². The van der Waals surface area contributed by atoms with Gasteiger partial charge in [-0.25, -0.2) is 0 Å². The second-order valence-corrected chi connectivity index (χ2v) is 7.07. The Hall–Kier alpha value is -1.74. The van der Waals surface area contributed by atoms with E-state index in [2.05, 4.69) is 0 Å². The van der Waals surface area contributed by atoms with E-state index in [1.54, 1.807) is 38.5 Å². The molecule has 0 saturated carbocycles. The molecule has 0 radical (unpaired) electrons. The summed E-state index contributed by atoms with van der Waals surface area (Å²) in [6.45, 7) is 1.70. The average molecular weight is 430 g/mol. The maximum absolute atomic E-state index is 13.1. The Labute approximate surface area is 191 Å². The van der Waals surface area contributed by atoms with Crippen molar-refractivity contribution in [2.75, 3.05) is 54.9 Å². The fraction of sp³-hybridized carbons (Fsp3) is 0.381. The molecule has 7 nitrogen and oxygen atoms in total.